The zero-order valence-electron chi connectivity index (χ0n) is 16.2. The highest BCUT2D eigenvalue weighted by Gasteiger charge is 2.13. The fourth-order valence-electron chi connectivity index (χ4n) is 2.56. The van der Waals surface area contributed by atoms with E-state index >= 15 is 0 Å². The van der Waals surface area contributed by atoms with Gasteiger partial charge in [-0.2, -0.15) is 5.26 Å². The number of aryl methyl sites for hydroxylation is 1. The van der Waals surface area contributed by atoms with E-state index < -0.39 is 5.91 Å². The smallest absolute Gasteiger partial charge is 0.263 e. The standard InChI is InChI=1S/C22H24N4O2/c1-4-17-5-7-18(8-6-17)15(2)25-22(28)19(13-23)14-24-20-9-11-21(12-10-20)26-16(3)27/h5-12,14-15,24H,4H2,1-3H3,(H,25,28)(H,26,27)/b19-14-. The summed E-state index contributed by atoms with van der Waals surface area (Å²) in [5, 5.41) is 17.7. The number of hydrogen-bond acceptors (Lipinski definition) is 4. The molecule has 2 amide bonds. The van der Waals surface area contributed by atoms with Crippen LogP contribution in [-0.2, 0) is 16.0 Å². The van der Waals surface area contributed by atoms with Crippen LogP contribution >= 0.6 is 0 Å². The number of nitrogens with one attached hydrogen (secondary N) is 3. The second-order valence-electron chi connectivity index (χ2n) is 6.36. The largest absolute Gasteiger partial charge is 0.360 e. The van der Waals surface area contributed by atoms with E-state index in [9.17, 15) is 14.9 Å². The number of amides is 2. The molecule has 2 aromatic rings. The Morgan fingerprint density at radius 3 is 2.21 bits per heavy atom. The van der Waals surface area contributed by atoms with E-state index in [1.165, 1.54) is 18.7 Å². The molecule has 0 saturated carbocycles. The number of carbonyl (C=O) groups excluding carboxylic acids is 2. The van der Waals surface area contributed by atoms with Crippen LogP contribution in [0.3, 0.4) is 0 Å². The molecule has 2 rings (SSSR count). The lowest BCUT2D eigenvalue weighted by molar-refractivity contribution is -0.117. The maximum atomic E-state index is 12.4. The van der Waals surface area contributed by atoms with Gasteiger partial charge in [0, 0.05) is 24.5 Å². The fraction of sp³-hybridized carbons (Fsp3) is 0.227. The second kappa shape index (κ2) is 9.93. The molecule has 6 nitrogen and oxygen atoms in total. The second-order valence-corrected chi connectivity index (χ2v) is 6.36. The zero-order chi connectivity index (χ0) is 20.5. The Hall–Kier alpha value is -3.59. The number of nitriles is 1. The minimum Gasteiger partial charge on any atom is -0.360 e. The van der Waals surface area contributed by atoms with E-state index in [1.807, 2.05) is 37.3 Å². The average Bonchev–Trinajstić information content (AvgIpc) is 2.69. The quantitative estimate of drug-likeness (QED) is 0.504. The van der Waals surface area contributed by atoms with E-state index in [1.54, 1.807) is 24.3 Å². The highest BCUT2D eigenvalue weighted by Crippen LogP contribution is 2.16. The lowest BCUT2D eigenvalue weighted by Gasteiger charge is -2.14. The summed E-state index contributed by atoms with van der Waals surface area (Å²) < 4.78 is 0. The van der Waals surface area contributed by atoms with Gasteiger partial charge in [0.05, 0.1) is 6.04 Å². The fourth-order valence-corrected chi connectivity index (χ4v) is 2.56. The molecular weight excluding hydrogens is 352 g/mol. The Kier molecular flexibility index (Phi) is 7.35. The summed E-state index contributed by atoms with van der Waals surface area (Å²) in [4.78, 5) is 23.4. The molecule has 0 aliphatic carbocycles. The van der Waals surface area contributed by atoms with Crippen LogP contribution < -0.4 is 16.0 Å². The van der Waals surface area contributed by atoms with Crippen LogP contribution in [0.4, 0.5) is 11.4 Å². The predicted octanol–water partition coefficient (Wildman–Crippen LogP) is 3.90. The van der Waals surface area contributed by atoms with Crippen molar-refractivity contribution in [2.75, 3.05) is 10.6 Å². The van der Waals surface area contributed by atoms with Gasteiger partial charge in [0.15, 0.2) is 0 Å². The molecule has 6 heteroatoms. The summed E-state index contributed by atoms with van der Waals surface area (Å²) >= 11 is 0. The first-order valence-electron chi connectivity index (χ1n) is 9.07. The first-order valence-corrected chi connectivity index (χ1v) is 9.07. The van der Waals surface area contributed by atoms with Crippen molar-refractivity contribution in [1.82, 2.24) is 5.32 Å². The summed E-state index contributed by atoms with van der Waals surface area (Å²) in [6.07, 6.45) is 2.33. The van der Waals surface area contributed by atoms with Crippen LogP contribution in [0.1, 0.15) is 37.9 Å². The Labute approximate surface area is 165 Å². The molecule has 0 spiro atoms. The van der Waals surface area contributed by atoms with Crippen LogP contribution in [0.15, 0.2) is 60.3 Å². The minimum absolute atomic E-state index is 0.0250. The first kappa shape index (κ1) is 20.7. The molecule has 3 N–H and O–H groups in total. The van der Waals surface area contributed by atoms with Crippen LogP contribution in [0, 0.1) is 11.3 Å². The Balaban J connectivity index is 1.99. The molecule has 0 fully saturated rings. The Morgan fingerprint density at radius 1 is 1.07 bits per heavy atom. The van der Waals surface area contributed by atoms with Crippen LogP contribution in [0.25, 0.3) is 0 Å². The van der Waals surface area contributed by atoms with Gasteiger partial charge in [-0.05, 0) is 48.7 Å². The number of carbonyl (C=O) groups is 2. The summed E-state index contributed by atoms with van der Waals surface area (Å²) in [7, 11) is 0. The van der Waals surface area contributed by atoms with E-state index in [0.29, 0.717) is 11.4 Å². The van der Waals surface area contributed by atoms with Gasteiger partial charge in [-0.3, -0.25) is 9.59 Å². The number of hydrogen-bond donors (Lipinski definition) is 3. The highest BCUT2D eigenvalue weighted by molar-refractivity contribution is 5.97. The maximum Gasteiger partial charge on any atom is 0.263 e. The number of rotatable bonds is 7. The van der Waals surface area contributed by atoms with E-state index in [2.05, 4.69) is 22.9 Å². The molecule has 0 aromatic heterocycles. The lowest BCUT2D eigenvalue weighted by atomic mass is 10.0. The molecule has 144 valence electrons. The topological polar surface area (TPSA) is 94.0 Å². The van der Waals surface area contributed by atoms with Gasteiger partial charge in [0.2, 0.25) is 5.91 Å². The average molecular weight is 376 g/mol. The summed E-state index contributed by atoms with van der Waals surface area (Å²) in [5.41, 5.74) is 3.54. The summed E-state index contributed by atoms with van der Waals surface area (Å²) in [5.74, 6) is -0.598. The van der Waals surface area contributed by atoms with Crippen molar-refractivity contribution >= 4 is 23.2 Å². The third-order valence-electron chi connectivity index (χ3n) is 4.19. The molecule has 0 saturated heterocycles. The van der Waals surface area contributed by atoms with Gasteiger partial charge in [-0.1, -0.05) is 31.2 Å². The van der Waals surface area contributed by atoms with Crippen LogP contribution in [0.2, 0.25) is 0 Å². The van der Waals surface area contributed by atoms with Gasteiger partial charge >= 0.3 is 0 Å². The SMILES string of the molecule is CCc1ccc(C(C)NC(=O)/C(C#N)=C\Nc2ccc(NC(C)=O)cc2)cc1. The Morgan fingerprint density at radius 2 is 1.68 bits per heavy atom. The molecule has 28 heavy (non-hydrogen) atoms. The van der Waals surface area contributed by atoms with Crippen molar-refractivity contribution < 1.29 is 9.59 Å². The zero-order valence-corrected chi connectivity index (χ0v) is 16.2. The molecule has 2 aromatic carbocycles. The molecule has 0 bridgehead atoms. The molecular formula is C22H24N4O2. The monoisotopic (exact) mass is 376 g/mol. The number of anilines is 2. The van der Waals surface area contributed by atoms with Crippen molar-refractivity contribution in [3.05, 3.63) is 71.4 Å². The van der Waals surface area contributed by atoms with Crippen molar-refractivity contribution in [3.63, 3.8) is 0 Å². The van der Waals surface area contributed by atoms with Crippen LogP contribution in [0.5, 0.6) is 0 Å². The van der Waals surface area contributed by atoms with Crippen molar-refractivity contribution in [2.24, 2.45) is 0 Å². The third kappa shape index (κ3) is 5.99. The van der Waals surface area contributed by atoms with Crippen molar-refractivity contribution in [2.45, 2.75) is 33.2 Å². The first-order chi connectivity index (χ1) is 13.4. The highest BCUT2D eigenvalue weighted by atomic mass is 16.2. The van der Waals surface area contributed by atoms with Crippen LogP contribution in [-0.4, -0.2) is 11.8 Å². The van der Waals surface area contributed by atoms with Gasteiger partial charge in [-0.25, -0.2) is 0 Å². The molecule has 1 unspecified atom stereocenters. The van der Waals surface area contributed by atoms with Gasteiger partial charge in [0.1, 0.15) is 11.6 Å². The molecule has 0 radical (unpaired) electrons. The minimum atomic E-state index is -0.447. The van der Waals surface area contributed by atoms with Gasteiger partial charge < -0.3 is 16.0 Å². The van der Waals surface area contributed by atoms with Gasteiger partial charge in [0.25, 0.3) is 5.91 Å². The predicted molar refractivity (Wildman–Crippen MR) is 110 cm³/mol. The Bertz CT molecular complexity index is 894. The summed E-state index contributed by atoms with van der Waals surface area (Å²) in [6.45, 7) is 5.40. The lowest BCUT2D eigenvalue weighted by Crippen LogP contribution is -2.28. The van der Waals surface area contributed by atoms with Crippen molar-refractivity contribution in [3.8, 4) is 6.07 Å². The van der Waals surface area contributed by atoms with Gasteiger partial charge in [-0.15, -0.1) is 0 Å². The summed E-state index contributed by atoms with van der Waals surface area (Å²) in [6, 6.07) is 16.7. The molecule has 1 atom stereocenters. The van der Waals surface area contributed by atoms with Crippen molar-refractivity contribution in [1.29, 1.82) is 5.26 Å². The normalized spacial score (nSPS) is 11.9. The molecule has 0 aliphatic heterocycles. The third-order valence-corrected chi connectivity index (χ3v) is 4.19. The molecule has 0 aliphatic rings. The van der Waals surface area contributed by atoms with E-state index in [0.717, 1.165) is 12.0 Å². The maximum absolute atomic E-state index is 12.4. The molecule has 0 heterocycles. The number of benzene rings is 2. The number of nitrogens with zero attached hydrogens (tertiary/aromatic N) is 1. The van der Waals surface area contributed by atoms with E-state index in [4.69, 9.17) is 0 Å². The van der Waals surface area contributed by atoms with E-state index in [-0.39, 0.29) is 17.5 Å².